The molecule has 10 heteroatoms. The monoisotopic (exact) mass is 373 g/mol. The molecule has 0 bridgehead atoms. The van der Waals surface area contributed by atoms with Gasteiger partial charge < -0.3 is 5.73 Å². The molecular weight excluding hydrogens is 365 g/mol. The van der Waals surface area contributed by atoms with E-state index in [1.165, 1.54) is 0 Å². The predicted molar refractivity (Wildman–Crippen MR) is 71.3 cm³/mol. The van der Waals surface area contributed by atoms with Gasteiger partial charge in [-0.15, -0.1) is 0 Å². The lowest BCUT2D eigenvalue weighted by atomic mass is 9.95. The number of hydrogen-bond donors (Lipinski definition) is 1. The molecule has 0 saturated heterocycles. The zero-order valence-corrected chi connectivity index (χ0v) is 11.9. The molecule has 0 fully saturated rings. The Kier molecular flexibility index (Phi) is 4.43. The highest BCUT2D eigenvalue weighted by atomic mass is 19.4. The first-order valence-corrected chi connectivity index (χ1v) is 6.46. The average Bonchev–Trinajstić information content (AvgIpc) is 2.44. The van der Waals surface area contributed by atoms with Crippen LogP contribution in [0.4, 0.5) is 45.2 Å². The largest absolute Gasteiger partial charge is 0.417 e. The van der Waals surface area contributed by atoms with Crippen LogP contribution in [0.3, 0.4) is 0 Å². The van der Waals surface area contributed by atoms with Gasteiger partial charge in [0.1, 0.15) is 0 Å². The van der Waals surface area contributed by atoms with E-state index in [-0.39, 0.29) is 23.9 Å². The molecule has 0 saturated carbocycles. The van der Waals surface area contributed by atoms with Gasteiger partial charge in [-0.2, -0.15) is 39.5 Å². The number of hydrogen-bond acceptors (Lipinski definition) is 1. The fourth-order valence-corrected chi connectivity index (χ4v) is 2.16. The average molecular weight is 373 g/mol. The van der Waals surface area contributed by atoms with E-state index in [9.17, 15) is 39.5 Å². The van der Waals surface area contributed by atoms with E-state index in [4.69, 9.17) is 5.73 Å². The molecule has 0 aliphatic carbocycles. The summed E-state index contributed by atoms with van der Waals surface area (Å²) in [5, 5.41) is 0. The summed E-state index contributed by atoms with van der Waals surface area (Å²) >= 11 is 0. The summed E-state index contributed by atoms with van der Waals surface area (Å²) in [6, 6.07) is 2.44. The Morgan fingerprint density at radius 2 is 1.08 bits per heavy atom. The van der Waals surface area contributed by atoms with Crippen LogP contribution in [0, 0.1) is 0 Å². The van der Waals surface area contributed by atoms with Crippen LogP contribution in [0.15, 0.2) is 36.4 Å². The van der Waals surface area contributed by atoms with E-state index in [0.29, 0.717) is 6.07 Å². The molecule has 0 aromatic heterocycles. The summed E-state index contributed by atoms with van der Waals surface area (Å²) in [5.74, 6) is 0. The number of anilines is 1. The van der Waals surface area contributed by atoms with E-state index < -0.39 is 46.3 Å². The molecule has 25 heavy (non-hydrogen) atoms. The van der Waals surface area contributed by atoms with Gasteiger partial charge in [-0.25, -0.2) is 0 Å². The van der Waals surface area contributed by atoms with Crippen molar-refractivity contribution in [2.24, 2.45) is 0 Å². The highest BCUT2D eigenvalue weighted by Crippen LogP contribution is 2.42. The van der Waals surface area contributed by atoms with Crippen LogP contribution >= 0.6 is 0 Å². The molecule has 0 amide bonds. The number of nitrogens with two attached hydrogens (primary N) is 1. The van der Waals surface area contributed by atoms with E-state index in [1.54, 1.807) is 0 Å². The van der Waals surface area contributed by atoms with Crippen molar-refractivity contribution in [2.75, 3.05) is 5.73 Å². The van der Waals surface area contributed by atoms with Gasteiger partial charge in [-0.05, 0) is 41.5 Å². The normalized spacial score (nSPS) is 13.2. The maximum Gasteiger partial charge on any atom is 0.417 e. The summed E-state index contributed by atoms with van der Waals surface area (Å²) < 4.78 is 116. The Bertz CT molecular complexity index is 753. The number of halogens is 9. The lowest BCUT2D eigenvalue weighted by Gasteiger charge is -2.17. The molecule has 2 aromatic rings. The molecule has 1 nitrogen and oxygen atoms in total. The molecule has 0 heterocycles. The van der Waals surface area contributed by atoms with Crippen LogP contribution in [0.5, 0.6) is 0 Å². The number of benzene rings is 2. The molecule has 0 radical (unpaired) electrons. The second-order valence-electron chi connectivity index (χ2n) is 5.10. The Morgan fingerprint density at radius 1 is 0.600 bits per heavy atom. The van der Waals surface area contributed by atoms with Crippen LogP contribution in [0.1, 0.15) is 16.7 Å². The van der Waals surface area contributed by atoms with Gasteiger partial charge >= 0.3 is 18.5 Å². The molecule has 0 spiro atoms. The van der Waals surface area contributed by atoms with Crippen molar-refractivity contribution < 1.29 is 39.5 Å². The molecule has 2 rings (SSSR count). The van der Waals surface area contributed by atoms with Crippen molar-refractivity contribution in [2.45, 2.75) is 18.5 Å². The predicted octanol–water partition coefficient (Wildman–Crippen LogP) is 5.99. The Labute approximate surface area is 134 Å². The highest BCUT2D eigenvalue weighted by Gasteiger charge is 2.39. The van der Waals surface area contributed by atoms with E-state index >= 15 is 0 Å². The molecular formula is C15H8F9N. The smallest absolute Gasteiger partial charge is 0.399 e. The van der Waals surface area contributed by atoms with Crippen molar-refractivity contribution in [3.05, 3.63) is 53.1 Å². The van der Waals surface area contributed by atoms with Crippen molar-refractivity contribution in [3.63, 3.8) is 0 Å². The third kappa shape index (κ3) is 4.18. The van der Waals surface area contributed by atoms with E-state index in [2.05, 4.69) is 0 Å². The third-order valence-corrected chi connectivity index (χ3v) is 3.25. The zero-order valence-electron chi connectivity index (χ0n) is 11.9. The van der Waals surface area contributed by atoms with Gasteiger partial charge in [0.05, 0.1) is 16.7 Å². The number of rotatable bonds is 1. The third-order valence-electron chi connectivity index (χ3n) is 3.25. The van der Waals surface area contributed by atoms with Crippen LogP contribution < -0.4 is 5.73 Å². The molecule has 0 atom stereocenters. The summed E-state index contributed by atoms with van der Waals surface area (Å²) in [4.78, 5) is 0. The fraction of sp³-hybridized carbons (Fsp3) is 0.200. The van der Waals surface area contributed by atoms with Crippen molar-refractivity contribution in [3.8, 4) is 11.1 Å². The van der Waals surface area contributed by atoms with Gasteiger partial charge in [-0.1, -0.05) is 6.07 Å². The van der Waals surface area contributed by atoms with Crippen molar-refractivity contribution in [1.29, 1.82) is 0 Å². The molecule has 2 aromatic carbocycles. The summed E-state index contributed by atoms with van der Waals surface area (Å²) in [7, 11) is 0. The lowest BCUT2D eigenvalue weighted by molar-refractivity contribution is -0.143. The summed E-state index contributed by atoms with van der Waals surface area (Å²) in [6.07, 6.45) is -15.3. The van der Waals surface area contributed by atoms with Crippen molar-refractivity contribution in [1.82, 2.24) is 0 Å². The first-order valence-electron chi connectivity index (χ1n) is 6.46. The van der Waals surface area contributed by atoms with Crippen LogP contribution in [-0.2, 0) is 18.5 Å². The van der Waals surface area contributed by atoms with Gasteiger partial charge in [0.25, 0.3) is 0 Å². The quantitative estimate of drug-likeness (QED) is 0.482. The maximum absolute atomic E-state index is 13.1. The minimum Gasteiger partial charge on any atom is -0.399 e. The Balaban J connectivity index is 2.80. The van der Waals surface area contributed by atoms with Crippen LogP contribution in [0.25, 0.3) is 11.1 Å². The van der Waals surface area contributed by atoms with Crippen LogP contribution in [0.2, 0.25) is 0 Å². The minimum absolute atomic E-state index is 0.159. The second kappa shape index (κ2) is 5.85. The van der Waals surface area contributed by atoms with Gasteiger partial charge in [-0.3, -0.25) is 0 Å². The Hall–Kier alpha value is -2.39. The molecule has 0 aliphatic heterocycles. The number of nitrogen functional groups attached to an aromatic ring is 1. The number of alkyl halides is 9. The first-order chi connectivity index (χ1) is 11.2. The highest BCUT2D eigenvalue weighted by molar-refractivity contribution is 5.72. The molecule has 0 unspecified atom stereocenters. The van der Waals surface area contributed by atoms with Gasteiger partial charge in [0.15, 0.2) is 0 Å². The maximum atomic E-state index is 13.1. The Morgan fingerprint density at radius 3 is 1.48 bits per heavy atom. The SMILES string of the molecule is Nc1ccc(-c2cc(C(F)(F)F)cc(C(F)(F)F)c2)c(C(F)(F)F)c1. The second-order valence-corrected chi connectivity index (χ2v) is 5.10. The van der Waals surface area contributed by atoms with E-state index in [1.807, 2.05) is 0 Å². The standard InChI is InChI=1S/C15H8F9N/c16-13(17,18)8-3-7(4-9(5-8)14(19,20)21)11-2-1-10(25)6-12(11)15(22,23)24/h1-6H,25H2. The molecule has 0 aliphatic rings. The van der Waals surface area contributed by atoms with E-state index in [0.717, 1.165) is 12.1 Å². The fourth-order valence-electron chi connectivity index (χ4n) is 2.16. The zero-order chi connectivity index (χ0) is 19.2. The molecule has 136 valence electrons. The summed E-state index contributed by atoms with van der Waals surface area (Å²) in [5.41, 5.74) is -1.64. The lowest BCUT2D eigenvalue weighted by Crippen LogP contribution is -2.12. The van der Waals surface area contributed by atoms with Gasteiger partial charge in [0.2, 0.25) is 0 Å². The summed E-state index contributed by atoms with van der Waals surface area (Å²) in [6.45, 7) is 0. The van der Waals surface area contributed by atoms with Gasteiger partial charge in [0, 0.05) is 5.69 Å². The first kappa shape index (κ1) is 18.9. The minimum atomic E-state index is -5.16. The van der Waals surface area contributed by atoms with Crippen molar-refractivity contribution >= 4 is 5.69 Å². The molecule has 2 N–H and O–H groups in total. The topological polar surface area (TPSA) is 26.0 Å². The van der Waals surface area contributed by atoms with Crippen LogP contribution in [-0.4, -0.2) is 0 Å².